The molecule has 0 heterocycles. The van der Waals surface area contributed by atoms with E-state index in [0.717, 1.165) is 68.9 Å². The Labute approximate surface area is 318 Å². The highest BCUT2D eigenvalue weighted by Gasteiger charge is 2.70. The second-order valence-corrected chi connectivity index (χ2v) is 19.8. The van der Waals surface area contributed by atoms with Crippen molar-refractivity contribution < 1.29 is 29.3 Å². The summed E-state index contributed by atoms with van der Waals surface area (Å²) >= 11 is 0. The van der Waals surface area contributed by atoms with E-state index in [4.69, 9.17) is 4.74 Å². The molecule has 2 N–H and O–H groups in total. The minimum absolute atomic E-state index is 0.00992. The first-order valence-corrected chi connectivity index (χ1v) is 20.7. The van der Waals surface area contributed by atoms with Crippen molar-refractivity contribution in [3.8, 4) is 0 Å². The molecule has 1 amide bonds. The zero-order valence-corrected chi connectivity index (χ0v) is 33.7. The molecule has 8 atom stereocenters. The van der Waals surface area contributed by atoms with Crippen molar-refractivity contribution in [1.29, 1.82) is 0 Å². The van der Waals surface area contributed by atoms with Crippen molar-refractivity contribution in [3.05, 3.63) is 52.6 Å². The Morgan fingerprint density at radius 3 is 2.23 bits per heavy atom. The smallest absolute Gasteiger partial charge is 0.335 e. The van der Waals surface area contributed by atoms with Gasteiger partial charge < -0.3 is 19.8 Å². The first-order chi connectivity index (χ1) is 24.9. The zero-order chi connectivity index (χ0) is 38.3. The minimum atomic E-state index is -0.896. The number of hydrogen-bond acceptors (Lipinski definition) is 5. The third-order valence-corrected chi connectivity index (χ3v) is 16.9. The summed E-state index contributed by atoms with van der Waals surface area (Å²) < 4.78 is 5.28. The van der Waals surface area contributed by atoms with Gasteiger partial charge in [0.25, 0.3) is 0 Å². The van der Waals surface area contributed by atoms with Crippen LogP contribution in [0.1, 0.15) is 135 Å². The topological polar surface area (TPSA) is 104 Å². The van der Waals surface area contributed by atoms with Crippen LogP contribution in [0, 0.1) is 56.7 Å². The molecule has 7 rings (SSSR count). The molecule has 53 heavy (non-hydrogen) atoms. The standard InChI is InChI=1S/C46H65NO6/c1-28(2)39-34(48)24-46(37(49)26-47(38(50)27-53-8)25-29-10-9-11-29)23-22-44(6)33(40(39)46)16-17-36-43(5)20-18-32(30-12-14-31(15-13-30)41(51)52)42(3,4)35(43)19-21-45(36,44)7/h12-15,18,28-29,33,35-37,49H,9-11,16-17,19-27H2,1-8H3,(H,51,52)/t33-,35?,36-,37+,43+,44-,45-,46+/m1/s1. The van der Waals surface area contributed by atoms with Crippen molar-refractivity contribution in [2.75, 3.05) is 26.8 Å². The number of aromatic carboxylic acids is 1. The Morgan fingerprint density at radius 2 is 1.62 bits per heavy atom. The van der Waals surface area contributed by atoms with Crippen LogP contribution in [-0.2, 0) is 14.3 Å². The van der Waals surface area contributed by atoms with E-state index in [-0.39, 0.29) is 58.3 Å². The van der Waals surface area contributed by atoms with E-state index in [0.29, 0.717) is 36.3 Å². The number of aliphatic hydroxyl groups excluding tert-OH is 1. The number of rotatable bonds is 10. The Balaban J connectivity index is 1.22. The van der Waals surface area contributed by atoms with Gasteiger partial charge in [-0.25, -0.2) is 4.79 Å². The predicted molar refractivity (Wildman–Crippen MR) is 208 cm³/mol. The summed E-state index contributed by atoms with van der Waals surface area (Å²) in [6, 6.07) is 7.45. The molecular weight excluding hydrogens is 663 g/mol. The molecule has 0 spiro atoms. The number of allylic oxidation sites excluding steroid dienone is 3. The van der Waals surface area contributed by atoms with Gasteiger partial charge in [0, 0.05) is 32.0 Å². The number of carbonyl (C=O) groups is 3. The van der Waals surface area contributed by atoms with Gasteiger partial charge >= 0.3 is 5.97 Å². The fourth-order valence-corrected chi connectivity index (χ4v) is 13.8. The number of ether oxygens (including phenoxy) is 1. The SMILES string of the molecule is COCC(=O)N(CC1CCC1)C[C@H](O)[C@@]12CC[C@]3(C)[C@H](CC[C@@H]4[C@@]5(C)CC=C(c6ccc(C(=O)O)cc6)C(C)(C)C5CC[C@]43C)C1=C(C(C)C)C(=O)C2. The normalized spacial score (nSPS) is 36.8. The molecular formula is C46H65NO6. The van der Waals surface area contributed by atoms with Crippen LogP contribution in [0.4, 0.5) is 0 Å². The molecule has 290 valence electrons. The molecule has 7 heteroatoms. The van der Waals surface area contributed by atoms with Crippen LogP contribution in [0.5, 0.6) is 0 Å². The Bertz CT molecular complexity index is 1700. The first-order valence-electron chi connectivity index (χ1n) is 20.7. The molecule has 0 bridgehead atoms. The molecule has 4 fully saturated rings. The number of ketones is 1. The summed E-state index contributed by atoms with van der Waals surface area (Å²) in [6.07, 6.45) is 12.6. The van der Waals surface area contributed by atoms with Crippen LogP contribution < -0.4 is 0 Å². The first kappa shape index (κ1) is 38.5. The highest BCUT2D eigenvalue weighted by Crippen LogP contribution is 2.77. The van der Waals surface area contributed by atoms with Crippen molar-refractivity contribution >= 4 is 23.2 Å². The Hall–Kier alpha value is -2.77. The van der Waals surface area contributed by atoms with Gasteiger partial charge in [0.15, 0.2) is 5.78 Å². The second kappa shape index (κ2) is 13.5. The van der Waals surface area contributed by atoms with Crippen molar-refractivity contribution in [2.45, 2.75) is 125 Å². The van der Waals surface area contributed by atoms with Crippen LogP contribution in [0.3, 0.4) is 0 Å². The van der Waals surface area contributed by atoms with Crippen LogP contribution in [0.2, 0.25) is 0 Å². The largest absolute Gasteiger partial charge is 0.478 e. The molecule has 4 saturated carbocycles. The maximum atomic E-state index is 14.2. The molecule has 1 aromatic rings. The lowest BCUT2D eigenvalue weighted by atomic mass is 9.33. The lowest BCUT2D eigenvalue weighted by Crippen LogP contribution is -2.64. The summed E-state index contributed by atoms with van der Waals surface area (Å²) in [5.74, 6) is 1.03. The van der Waals surface area contributed by atoms with Crippen molar-refractivity contribution in [1.82, 2.24) is 4.90 Å². The van der Waals surface area contributed by atoms with Gasteiger partial charge in [-0.15, -0.1) is 0 Å². The van der Waals surface area contributed by atoms with Gasteiger partial charge in [-0.05, 0) is 138 Å². The average molecular weight is 728 g/mol. The predicted octanol–water partition coefficient (Wildman–Crippen LogP) is 8.99. The fourth-order valence-electron chi connectivity index (χ4n) is 13.8. The van der Waals surface area contributed by atoms with Gasteiger partial charge in [0.2, 0.25) is 5.91 Å². The number of hydrogen-bond donors (Lipinski definition) is 2. The third kappa shape index (κ3) is 5.75. The van der Waals surface area contributed by atoms with E-state index in [1.54, 1.807) is 19.2 Å². The molecule has 7 nitrogen and oxygen atoms in total. The van der Waals surface area contributed by atoms with Crippen molar-refractivity contribution in [3.63, 3.8) is 0 Å². The molecule has 6 aliphatic rings. The van der Waals surface area contributed by atoms with Crippen LogP contribution in [0.25, 0.3) is 5.57 Å². The maximum Gasteiger partial charge on any atom is 0.335 e. The van der Waals surface area contributed by atoms with E-state index in [2.05, 4.69) is 54.5 Å². The molecule has 1 unspecified atom stereocenters. The number of methoxy groups -OCH3 is 1. The Kier molecular flexibility index (Phi) is 9.78. The number of benzene rings is 1. The van der Waals surface area contributed by atoms with E-state index in [1.807, 2.05) is 17.0 Å². The quantitative estimate of drug-likeness (QED) is 0.249. The molecule has 6 aliphatic carbocycles. The van der Waals surface area contributed by atoms with E-state index >= 15 is 0 Å². The number of amides is 1. The Morgan fingerprint density at radius 1 is 0.925 bits per heavy atom. The highest BCUT2D eigenvalue weighted by molar-refractivity contribution is 6.01. The fraction of sp³-hybridized carbons (Fsp3) is 0.717. The number of aliphatic hydroxyl groups is 1. The third-order valence-electron chi connectivity index (χ3n) is 16.9. The van der Waals surface area contributed by atoms with Crippen molar-refractivity contribution in [2.24, 2.45) is 56.7 Å². The molecule has 0 radical (unpaired) electrons. The molecule has 0 aromatic heterocycles. The van der Waals surface area contributed by atoms with E-state index in [1.165, 1.54) is 17.6 Å². The van der Waals surface area contributed by atoms with Gasteiger partial charge in [-0.3, -0.25) is 9.59 Å². The number of carboxylic acids is 1. The summed E-state index contributed by atoms with van der Waals surface area (Å²) in [4.78, 5) is 41.0. The maximum absolute atomic E-state index is 14.2. The number of carboxylic acid groups (broad SMARTS) is 1. The van der Waals surface area contributed by atoms with E-state index < -0.39 is 17.5 Å². The summed E-state index contributed by atoms with van der Waals surface area (Å²) in [7, 11) is 1.55. The summed E-state index contributed by atoms with van der Waals surface area (Å²) in [5, 5.41) is 22.0. The summed E-state index contributed by atoms with van der Waals surface area (Å²) in [6.45, 7) is 17.7. The highest BCUT2D eigenvalue weighted by atomic mass is 16.5. The molecule has 0 aliphatic heterocycles. The lowest BCUT2D eigenvalue weighted by molar-refractivity contribution is -0.200. The van der Waals surface area contributed by atoms with Crippen LogP contribution >= 0.6 is 0 Å². The van der Waals surface area contributed by atoms with Gasteiger partial charge in [-0.1, -0.05) is 78.7 Å². The van der Waals surface area contributed by atoms with Gasteiger partial charge in [0.1, 0.15) is 6.61 Å². The monoisotopic (exact) mass is 727 g/mol. The number of Topliss-reactive ketones (excluding diaryl/α,β-unsaturated/α-hetero) is 1. The minimum Gasteiger partial charge on any atom is -0.478 e. The summed E-state index contributed by atoms with van der Waals surface area (Å²) in [5.41, 5.74) is 4.45. The van der Waals surface area contributed by atoms with Gasteiger partial charge in [0.05, 0.1) is 11.7 Å². The number of nitrogens with zero attached hydrogens (tertiary/aromatic N) is 1. The van der Waals surface area contributed by atoms with Gasteiger partial charge in [-0.2, -0.15) is 0 Å². The molecule has 0 saturated heterocycles. The average Bonchev–Trinajstić information content (AvgIpc) is 3.39. The zero-order valence-electron chi connectivity index (χ0n) is 33.7. The number of carbonyl (C=O) groups excluding carboxylic acids is 2. The van der Waals surface area contributed by atoms with Crippen LogP contribution in [-0.4, -0.2) is 65.7 Å². The lowest BCUT2D eigenvalue weighted by Gasteiger charge is -2.71. The second-order valence-electron chi connectivity index (χ2n) is 19.8. The van der Waals surface area contributed by atoms with Crippen LogP contribution in [0.15, 0.2) is 41.5 Å². The van der Waals surface area contributed by atoms with E-state index in [9.17, 15) is 24.6 Å². The molecule has 1 aromatic carbocycles. The number of fused-ring (bicyclic) bond motifs is 7.